The molecule has 1 heterocycles. The Morgan fingerprint density at radius 1 is 1.26 bits per heavy atom. The topological polar surface area (TPSA) is 26.0 Å². The van der Waals surface area contributed by atoms with Gasteiger partial charge in [-0.25, -0.2) is 0 Å². The van der Waals surface area contributed by atoms with E-state index >= 15 is 0 Å². The van der Waals surface area contributed by atoms with E-state index in [1.54, 1.807) is 0 Å². The number of nitrogens with two attached hydrogens (primary N) is 1. The fourth-order valence-corrected chi connectivity index (χ4v) is 4.82. The van der Waals surface area contributed by atoms with Gasteiger partial charge >= 0.3 is 0 Å². The molecule has 1 nitrogen and oxygen atoms in total. The number of thiophene rings is 1. The smallest absolute Gasteiger partial charge is 0.0589 e. The zero-order valence-electron chi connectivity index (χ0n) is 11.1. The first-order valence-electron chi connectivity index (χ1n) is 6.35. The maximum atomic E-state index is 6.33. The molecule has 2 atom stereocenters. The number of hydrogen-bond donors (Lipinski definition) is 1. The van der Waals surface area contributed by atoms with E-state index < -0.39 is 0 Å². The minimum atomic E-state index is 0.176. The Kier molecular flexibility index (Phi) is 5.51. The van der Waals surface area contributed by atoms with Gasteiger partial charge in [0.2, 0.25) is 0 Å². The summed E-state index contributed by atoms with van der Waals surface area (Å²) in [6.07, 6.45) is 0.985. The maximum absolute atomic E-state index is 6.33. The molecule has 2 unspecified atom stereocenters. The van der Waals surface area contributed by atoms with Crippen LogP contribution in [0, 0.1) is 6.92 Å². The van der Waals surface area contributed by atoms with Gasteiger partial charge in [0.1, 0.15) is 0 Å². The third-order valence-corrected chi connectivity index (χ3v) is 6.65. The van der Waals surface area contributed by atoms with Gasteiger partial charge in [0, 0.05) is 25.2 Å². The standard InChI is InChI=1S/C15H18BrNS2/c1-3-12(17)15(14-9-8-10(2)18-14)19-13-7-5-4-6-11(13)16/h4-9,12,15H,3,17H2,1-2H3. The molecule has 102 valence electrons. The van der Waals surface area contributed by atoms with Crippen LogP contribution < -0.4 is 5.73 Å². The fraction of sp³-hybridized carbons (Fsp3) is 0.333. The second kappa shape index (κ2) is 6.93. The van der Waals surface area contributed by atoms with Crippen molar-refractivity contribution in [1.29, 1.82) is 0 Å². The van der Waals surface area contributed by atoms with Crippen molar-refractivity contribution in [3.63, 3.8) is 0 Å². The summed E-state index contributed by atoms with van der Waals surface area (Å²) in [5, 5.41) is 0.322. The van der Waals surface area contributed by atoms with Crippen LogP contribution in [0.3, 0.4) is 0 Å². The lowest BCUT2D eigenvalue weighted by molar-refractivity contribution is 0.640. The highest BCUT2D eigenvalue weighted by Crippen LogP contribution is 2.43. The molecule has 0 saturated heterocycles. The number of aryl methyl sites for hydroxylation is 1. The van der Waals surface area contributed by atoms with E-state index in [-0.39, 0.29) is 6.04 Å². The van der Waals surface area contributed by atoms with Crippen molar-refractivity contribution in [1.82, 2.24) is 0 Å². The summed E-state index contributed by atoms with van der Waals surface area (Å²) in [5.41, 5.74) is 6.33. The van der Waals surface area contributed by atoms with Gasteiger partial charge in [-0.3, -0.25) is 0 Å². The van der Waals surface area contributed by atoms with Crippen molar-refractivity contribution in [2.45, 2.75) is 36.5 Å². The zero-order chi connectivity index (χ0) is 13.8. The van der Waals surface area contributed by atoms with Crippen LogP contribution in [0.1, 0.15) is 28.3 Å². The average Bonchev–Trinajstić information content (AvgIpc) is 2.83. The molecule has 0 amide bonds. The Labute approximate surface area is 131 Å². The summed E-state index contributed by atoms with van der Waals surface area (Å²) in [5.74, 6) is 0. The molecule has 1 aromatic carbocycles. The number of rotatable bonds is 5. The predicted octanol–water partition coefficient (Wildman–Crippen LogP) is 5.39. The van der Waals surface area contributed by atoms with Crippen LogP contribution in [0.25, 0.3) is 0 Å². The summed E-state index contributed by atoms with van der Waals surface area (Å²) in [6.45, 7) is 4.30. The van der Waals surface area contributed by atoms with Crippen LogP contribution in [-0.2, 0) is 0 Å². The van der Waals surface area contributed by atoms with Crippen molar-refractivity contribution < 1.29 is 0 Å². The number of benzene rings is 1. The van der Waals surface area contributed by atoms with E-state index in [4.69, 9.17) is 5.73 Å². The van der Waals surface area contributed by atoms with Crippen LogP contribution in [-0.4, -0.2) is 6.04 Å². The molecule has 2 N–H and O–H groups in total. The average molecular weight is 356 g/mol. The van der Waals surface area contributed by atoms with Crippen LogP contribution in [0.5, 0.6) is 0 Å². The minimum Gasteiger partial charge on any atom is -0.326 e. The molecule has 19 heavy (non-hydrogen) atoms. The van der Waals surface area contributed by atoms with Gasteiger partial charge in [-0.2, -0.15) is 0 Å². The van der Waals surface area contributed by atoms with Crippen LogP contribution in [0.2, 0.25) is 0 Å². The van der Waals surface area contributed by atoms with E-state index in [9.17, 15) is 0 Å². The Bertz CT molecular complexity index is 538. The lowest BCUT2D eigenvalue weighted by Gasteiger charge is -2.22. The highest BCUT2D eigenvalue weighted by Gasteiger charge is 2.22. The van der Waals surface area contributed by atoms with Crippen molar-refractivity contribution >= 4 is 39.0 Å². The van der Waals surface area contributed by atoms with Crippen molar-refractivity contribution in [2.24, 2.45) is 5.73 Å². The lowest BCUT2D eigenvalue weighted by Crippen LogP contribution is -2.25. The molecular formula is C15H18BrNS2. The molecule has 1 aromatic heterocycles. The van der Waals surface area contributed by atoms with Gasteiger partial charge in [-0.1, -0.05) is 19.1 Å². The largest absolute Gasteiger partial charge is 0.326 e. The van der Waals surface area contributed by atoms with Crippen LogP contribution >= 0.6 is 39.0 Å². The van der Waals surface area contributed by atoms with Crippen molar-refractivity contribution in [3.05, 3.63) is 50.6 Å². The number of thioether (sulfide) groups is 1. The number of halogens is 1. The van der Waals surface area contributed by atoms with Gasteiger partial charge in [0.15, 0.2) is 0 Å². The van der Waals surface area contributed by atoms with Crippen molar-refractivity contribution in [3.8, 4) is 0 Å². The van der Waals surface area contributed by atoms with E-state index in [2.05, 4.69) is 60.1 Å². The summed E-state index contributed by atoms with van der Waals surface area (Å²) >= 11 is 7.32. The molecule has 0 fully saturated rings. The zero-order valence-corrected chi connectivity index (χ0v) is 14.3. The molecule has 0 saturated carbocycles. The molecule has 0 aliphatic carbocycles. The fourth-order valence-electron chi connectivity index (χ4n) is 1.85. The predicted molar refractivity (Wildman–Crippen MR) is 90.1 cm³/mol. The molecule has 0 radical (unpaired) electrons. The maximum Gasteiger partial charge on any atom is 0.0589 e. The SMILES string of the molecule is CCC(N)C(Sc1ccccc1Br)c1ccc(C)s1. The second-order valence-electron chi connectivity index (χ2n) is 4.49. The molecule has 0 aliphatic heterocycles. The van der Waals surface area contributed by atoms with E-state index in [0.717, 1.165) is 10.9 Å². The van der Waals surface area contributed by atoms with E-state index in [0.29, 0.717) is 5.25 Å². The highest BCUT2D eigenvalue weighted by atomic mass is 79.9. The normalized spacial score (nSPS) is 14.3. The van der Waals surface area contributed by atoms with E-state index in [1.165, 1.54) is 14.6 Å². The third-order valence-electron chi connectivity index (χ3n) is 2.99. The Morgan fingerprint density at radius 2 is 2.00 bits per heavy atom. The first-order chi connectivity index (χ1) is 9.11. The minimum absolute atomic E-state index is 0.176. The molecule has 2 rings (SSSR count). The summed E-state index contributed by atoms with van der Waals surface area (Å²) < 4.78 is 1.14. The van der Waals surface area contributed by atoms with Gasteiger partial charge in [0.25, 0.3) is 0 Å². The van der Waals surface area contributed by atoms with Gasteiger partial charge in [-0.05, 0) is 53.5 Å². The molecule has 0 bridgehead atoms. The summed E-state index contributed by atoms with van der Waals surface area (Å²) in [7, 11) is 0. The summed E-state index contributed by atoms with van der Waals surface area (Å²) in [4.78, 5) is 3.96. The Hall–Kier alpha value is -0.290. The third kappa shape index (κ3) is 3.85. The monoisotopic (exact) mass is 355 g/mol. The molecule has 0 aliphatic rings. The molecule has 4 heteroatoms. The first kappa shape index (κ1) is 15.1. The first-order valence-corrected chi connectivity index (χ1v) is 8.83. The van der Waals surface area contributed by atoms with Crippen LogP contribution in [0.4, 0.5) is 0 Å². The second-order valence-corrected chi connectivity index (χ2v) is 7.85. The molecular weight excluding hydrogens is 338 g/mol. The quantitative estimate of drug-likeness (QED) is 0.727. The molecule has 2 aromatic rings. The van der Waals surface area contributed by atoms with Gasteiger partial charge in [0.05, 0.1) is 5.25 Å². The Morgan fingerprint density at radius 3 is 2.58 bits per heavy atom. The van der Waals surface area contributed by atoms with Gasteiger partial charge < -0.3 is 5.73 Å². The lowest BCUT2D eigenvalue weighted by atomic mass is 10.1. The summed E-state index contributed by atoms with van der Waals surface area (Å²) in [6, 6.07) is 12.9. The van der Waals surface area contributed by atoms with Gasteiger partial charge in [-0.15, -0.1) is 23.1 Å². The van der Waals surface area contributed by atoms with Crippen LogP contribution in [0.15, 0.2) is 45.8 Å². The van der Waals surface area contributed by atoms with E-state index in [1.807, 2.05) is 29.2 Å². The number of hydrogen-bond acceptors (Lipinski definition) is 3. The molecule has 0 spiro atoms. The van der Waals surface area contributed by atoms with Crippen molar-refractivity contribution in [2.75, 3.05) is 0 Å². The highest BCUT2D eigenvalue weighted by molar-refractivity contribution is 9.10. The Balaban J connectivity index is 2.27.